The molecule has 1 radical (unpaired) electrons. The molecule has 2 nitrogen and oxygen atoms in total. The van der Waals surface area contributed by atoms with Crippen molar-refractivity contribution in [1.82, 2.24) is 0 Å². The fraction of sp³-hybridized carbons (Fsp3) is 0.333. The van der Waals surface area contributed by atoms with Crippen LogP contribution in [0.4, 0.5) is 0 Å². The highest BCUT2D eigenvalue weighted by Gasteiger charge is 2.19. The summed E-state index contributed by atoms with van der Waals surface area (Å²) < 4.78 is 10.0. The Kier molecular flexibility index (Phi) is 1.01. The molecule has 0 atom stereocenters. The zero-order chi connectivity index (χ0) is 6.10. The van der Waals surface area contributed by atoms with Crippen molar-refractivity contribution in [2.24, 2.45) is 0 Å². The first kappa shape index (κ1) is 4.97. The molecule has 0 fully saturated rings. The van der Waals surface area contributed by atoms with Crippen molar-refractivity contribution in [3.63, 3.8) is 0 Å². The summed E-state index contributed by atoms with van der Waals surface area (Å²) in [4.78, 5) is 0. The predicted molar refractivity (Wildman–Crippen MR) is 33.3 cm³/mol. The minimum atomic E-state index is 0.876. The van der Waals surface area contributed by atoms with E-state index < -0.39 is 0 Å². The van der Waals surface area contributed by atoms with E-state index in [1.54, 1.807) is 0 Å². The van der Waals surface area contributed by atoms with E-state index in [2.05, 4.69) is 6.08 Å². The van der Waals surface area contributed by atoms with E-state index >= 15 is 0 Å². The monoisotopic (exact) mass is 121 g/mol. The molecule has 0 aromatic rings. The SMILES string of the molecule is [B]1OC2=C(CCC=C2)O1. The van der Waals surface area contributed by atoms with E-state index in [4.69, 9.17) is 9.31 Å². The Balaban J connectivity index is 2.28. The first-order chi connectivity index (χ1) is 4.47. The summed E-state index contributed by atoms with van der Waals surface area (Å²) in [5.74, 6) is 1.85. The quantitative estimate of drug-likeness (QED) is 0.447. The lowest BCUT2D eigenvalue weighted by Gasteiger charge is -2.03. The molecule has 0 aromatic carbocycles. The topological polar surface area (TPSA) is 18.5 Å². The van der Waals surface area contributed by atoms with Crippen LogP contribution in [0.25, 0.3) is 0 Å². The van der Waals surface area contributed by atoms with Crippen LogP contribution in [0.3, 0.4) is 0 Å². The van der Waals surface area contributed by atoms with Crippen molar-refractivity contribution < 1.29 is 9.31 Å². The van der Waals surface area contributed by atoms with Gasteiger partial charge >= 0.3 is 7.69 Å². The fourth-order valence-electron chi connectivity index (χ4n) is 0.977. The zero-order valence-electron chi connectivity index (χ0n) is 4.96. The molecule has 1 heterocycles. The van der Waals surface area contributed by atoms with Gasteiger partial charge in [0.05, 0.1) is 0 Å². The van der Waals surface area contributed by atoms with E-state index in [0.717, 1.165) is 24.4 Å². The lowest BCUT2D eigenvalue weighted by Crippen LogP contribution is -1.89. The molecule has 1 aliphatic heterocycles. The van der Waals surface area contributed by atoms with E-state index in [1.807, 2.05) is 6.08 Å². The second kappa shape index (κ2) is 1.83. The van der Waals surface area contributed by atoms with Crippen LogP contribution in [0, 0.1) is 0 Å². The lowest BCUT2D eigenvalue weighted by molar-refractivity contribution is 0.407. The minimum absolute atomic E-state index is 0.876. The van der Waals surface area contributed by atoms with Crippen molar-refractivity contribution in [3.8, 4) is 0 Å². The smallest absolute Gasteiger partial charge is 0.527 e. The number of hydrogen-bond donors (Lipinski definition) is 0. The van der Waals surface area contributed by atoms with Gasteiger partial charge in [0.1, 0.15) is 11.5 Å². The molecule has 1 aliphatic carbocycles. The summed E-state index contributed by atoms with van der Waals surface area (Å²) >= 11 is 0. The molecular weight excluding hydrogens is 115 g/mol. The van der Waals surface area contributed by atoms with Crippen LogP contribution in [-0.4, -0.2) is 7.69 Å². The van der Waals surface area contributed by atoms with Gasteiger partial charge in [-0.3, -0.25) is 0 Å². The first-order valence-electron chi connectivity index (χ1n) is 3.01. The highest BCUT2D eigenvalue weighted by atomic mass is 16.6. The second-order valence-electron chi connectivity index (χ2n) is 2.06. The van der Waals surface area contributed by atoms with Crippen LogP contribution in [0.1, 0.15) is 12.8 Å². The third-order valence-corrected chi connectivity index (χ3v) is 1.45. The predicted octanol–water partition coefficient (Wildman–Crippen LogP) is 1.13. The van der Waals surface area contributed by atoms with Crippen molar-refractivity contribution in [2.75, 3.05) is 0 Å². The normalized spacial score (nSPS) is 22.2. The van der Waals surface area contributed by atoms with Crippen LogP contribution >= 0.6 is 0 Å². The Bertz CT molecular complexity index is 183. The van der Waals surface area contributed by atoms with Gasteiger partial charge in [-0.05, 0) is 12.5 Å². The Morgan fingerprint density at radius 2 is 2.44 bits per heavy atom. The molecule has 0 unspecified atom stereocenters. The Hall–Kier alpha value is -0.855. The molecule has 0 saturated carbocycles. The molecule has 9 heavy (non-hydrogen) atoms. The van der Waals surface area contributed by atoms with Gasteiger partial charge in [-0.1, -0.05) is 6.08 Å². The summed E-state index contributed by atoms with van der Waals surface area (Å²) in [6, 6.07) is 0. The van der Waals surface area contributed by atoms with Crippen LogP contribution < -0.4 is 0 Å². The standard InChI is InChI=1S/C6H6BO2/c1-2-4-6-5(3-1)8-7-9-6/h1,3H,2,4H2. The minimum Gasteiger partial charge on any atom is -0.527 e. The van der Waals surface area contributed by atoms with Crippen molar-refractivity contribution in [2.45, 2.75) is 12.8 Å². The van der Waals surface area contributed by atoms with E-state index in [0.29, 0.717) is 0 Å². The van der Waals surface area contributed by atoms with Crippen LogP contribution in [0.5, 0.6) is 0 Å². The van der Waals surface area contributed by atoms with Crippen molar-refractivity contribution in [3.05, 3.63) is 23.7 Å². The van der Waals surface area contributed by atoms with E-state index in [9.17, 15) is 0 Å². The highest BCUT2D eigenvalue weighted by molar-refractivity contribution is 6.20. The summed E-state index contributed by atoms with van der Waals surface area (Å²) in [6.07, 6.45) is 6.07. The van der Waals surface area contributed by atoms with Crippen LogP contribution in [-0.2, 0) is 9.31 Å². The second-order valence-corrected chi connectivity index (χ2v) is 2.06. The Labute approximate surface area is 54.5 Å². The zero-order valence-corrected chi connectivity index (χ0v) is 4.96. The maximum Gasteiger partial charge on any atom is 0.658 e. The maximum absolute atomic E-state index is 5.04. The highest BCUT2D eigenvalue weighted by Crippen LogP contribution is 2.24. The van der Waals surface area contributed by atoms with Gasteiger partial charge in [0.15, 0.2) is 0 Å². The van der Waals surface area contributed by atoms with E-state index in [-0.39, 0.29) is 0 Å². The largest absolute Gasteiger partial charge is 0.658 e. The summed E-state index contributed by atoms with van der Waals surface area (Å²) in [7, 11) is 1.38. The van der Waals surface area contributed by atoms with Gasteiger partial charge in [0.25, 0.3) is 0 Å². The molecule has 0 amide bonds. The first-order valence-corrected chi connectivity index (χ1v) is 3.01. The summed E-state index contributed by atoms with van der Waals surface area (Å²) in [5.41, 5.74) is 0. The van der Waals surface area contributed by atoms with Crippen molar-refractivity contribution >= 4 is 7.69 Å². The number of hydrogen-bond acceptors (Lipinski definition) is 2. The summed E-state index contributed by atoms with van der Waals surface area (Å²) in [6.45, 7) is 0. The molecular formula is C6H6BO2. The van der Waals surface area contributed by atoms with E-state index in [1.165, 1.54) is 7.69 Å². The third-order valence-electron chi connectivity index (χ3n) is 1.45. The summed E-state index contributed by atoms with van der Waals surface area (Å²) in [5, 5.41) is 0. The average molecular weight is 121 g/mol. The van der Waals surface area contributed by atoms with Crippen LogP contribution in [0.2, 0.25) is 0 Å². The molecule has 45 valence electrons. The van der Waals surface area contributed by atoms with Crippen molar-refractivity contribution in [1.29, 1.82) is 0 Å². The third kappa shape index (κ3) is 0.726. The molecule has 0 spiro atoms. The van der Waals surface area contributed by atoms with Gasteiger partial charge in [0, 0.05) is 6.42 Å². The lowest BCUT2D eigenvalue weighted by atomic mass is 10.1. The molecule has 0 saturated heterocycles. The fourth-order valence-corrected chi connectivity index (χ4v) is 0.977. The van der Waals surface area contributed by atoms with Gasteiger partial charge in [0.2, 0.25) is 0 Å². The number of rotatable bonds is 0. The van der Waals surface area contributed by atoms with Gasteiger partial charge < -0.3 is 9.31 Å². The molecule has 0 bridgehead atoms. The Morgan fingerprint density at radius 1 is 1.44 bits per heavy atom. The Morgan fingerprint density at radius 3 is 3.33 bits per heavy atom. The average Bonchev–Trinajstić information content (AvgIpc) is 2.33. The van der Waals surface area contributed by atoms with Crippen LogP contribution in [0.15, 0.2) is 23.7 Å². The van der Waals surface area contributed by atoms with Gasteiger partial charge in [-0.15, -0.1) is 0 Å². The van der Waals surface area contributed by atoms with Gasteiger partial charge in [-0.2, -0.15) is 0 Å². The molecule has 0 N–H and O–H groups in total. The molecule has 3 heteroatoms. The van der Waals surface area contributed by atoms with Gasteiger partial charge in [-0.25, -0.2) is 0 Å². The molecule has 2 rings (SSSR count). The molecule has 0 aromatic heterocycles. The molecule has 2 aliphatic rings. The number of allylic oxidation sites excluding steroid dienone is 3. The maximum atomic E-state index is 5.04.